The Morgan fingerprint density at radius 2 is 1.89 bits per heavy atom. The molecular weight excluding hydrogens is 354 g/mol. The number of imidazole rings is 1. The van der Waals surface area contributed by atoms with Gasteiger partial charge in [0.2, 0.25) is 0 Å². The van der Waals surface area contributed by atoms with Crippen molar-refractivity contribution in [2.24, 2.45) is 0 Å². The summed E-state index contributed by atoms with van der Waals surface area (Å²) in [7, 11) is 0. The Balaban J connectivity index is 1.44. The van der Waals surface area contributed by atoms with Crippen molar-refractivity contribution in [2.45, 2.75) is 31.6 Å². The molecule has 0 unspecified atom stereocenters. The van der Waals surface area contributed by atoms with Crippen LogP contribution in [-0.4, -0.2) is 21.7 Å². The van der Waals surface area contributed by atoms with Crippen LogP contribution in [0.1, 0.15) is 34.6 Å². The van der Waals surface area contributed by atoms with Gasteiger partial charge in [0.05, 0.1) is 5.69 Å². The van der Waals surface area contributed by atoms with Crippen molar-refractivity contribution < 1.29 is 4.79 Å². The maximum absolute atomic E-state index is 12.4. The SMILES string of the molecule is CSCc1ccc(C(=O)Nc2ccc(-c3cn4c(n3)CCCC4)cc2)cc1. The number of aryl methyl sites for hydroxylation is 2. The highest BCUT2D eigenvalue weighted by Gasteiger charge is 2.13. The zero-order valence-electron chi connectivity index (χ0n) is 15.4. The average Bonchev–Trinajstić information content (AvgIpc) is 3.13. The van der Waals surface area contributed by atoms with Crippen molar-refractivity contribution in [1.29, 1.82) is 0 Å². The van der Waals surface area contributed by atoms with Crippen LogP contribution in [0.3, 0.4) is 0 Å². The molecule has 0 bridgehead atoms. The lowest BCUT2D eigenvalue weighted by atomic mass is 10.1. The Morgan fingerprint density at radius 1 is 1.11 bits per heavy atom. The summed E-state index contributed by atoms with van der Waals surface area (Å²) in [6, 6.07) is 15.7. The molecule has 27 heavy (non-hydrogen) atoms. The number of aromatic nitrogens is 2. The molecule has 1 amide bonds. The van der Waals surface area contributed by atoms with Crippen LogP contribution in [0, 0.1) is 0 Å². The highest BCUT2D eigenvalue weighted by atomic mass is 32.2. The summed E-state index contributed by atoms with van der Waals surface area (Å²) in [5.41, 5.74) is 4.78. The number of thioether (sulfide) groups is 1. The summed E-state index contributed by atoms with van der Waals surface area (Å²) in [4.78, 5) is 17.2. The minimum atomic E-state index is -0.0871. The van der Waals surface area contributed by atoms with E-state index >= 15 is 0 Å². The van der Waals surface area contributed by atoms with E-state index in [2.05, 4.69) is 22.3 Å². The number of amides is 1. The predicted octanol–water partition coefficient (Wildman–Crippen LogP) is 5.00. The predicted molar refractivity (Wildman–Crippen MR) is 112 cm³/mol. The fraction of sp³-hybridized carbons (Fsp3) is 0.273. The van der Waals surface area contributed by atoms with Gasteiger partial charge in [-0.2, -0.15) is 11.8 Å². The van der Waals surface area contributed by atoms with Crippen LogP contribution in [0.2, 0.25) is 0 Å². The van der Waals surface area contributed by atoms with Gasteiger partial charge in [-0.15, -0.1) is 0 Å². The number of hydrogen-bond donors (Lipinski definition) is 1. The van der Waals surface area contributed by atoms with E-state index < -0.39 is 0 Å². The fourth-order valence-corrected chi connectivity index (χ4v) is 3.92. The zero-order valence-corrected chi connectivity index (χ0v) is 16.3. The van der Waals surface area contributed by atoms with Crippen LogP contribution in [0.15, 0.2) is 54.7 Å². The molecular formula is C22H23N3OS. The number of fused-ring (bicyclic) bond motifs is 1. The third-order valence-electron chi connectivity index (χ3n) is 4.87. The first-order valence-corrected chi connectivity index (χ1v) is 10.7. The Morgan fingerprint density at radius 3 is 2.59 bits per heavy atom. The van der Waals surface area contributed by atoms with E-state index in [0.717, 1.165) is 35.7 Å². The first-order chi connectivity index (χ1) is 13.2. The third kappa shape index (κ3) is 4.08. The number of benzene rings is 2. The Hall–Kier alpha value is -2.53. The van der Waals surface area contributed by atoms with Crippen molar-refractivity contribution >= 4 is 23.4 Å². The van der Waals surface area contributed by atoms with E-state index in [9.17, 15) is 4.79 Å². The lowest BCUT2D eigenvalue weighted by Gasteiger charge is -2.11. The van der Waals surface area contributed by atoms with Crippen LogP contribution in [0.5, 0.6) is 0 Å². The molecule has 0 saturated heterocycles. The van der Waals surface area contributed by atoms with Gasteiger partial charge < -0.3 is 9.88 Å². The van der Waals surface area contributed by atoms with E-state index in [-0.39, 0.29) is 5.91 Å². The molecule has 0 spiro atoms. The first kappa shape index (κ1) is 17.9. The van der Waals surface area contributed by atoms with E-state index in [0.29, 0.717) is 5.56 Å². The van der Waals surface area contributed by atoms with Crippen LogP contribution in [0.4, 0.5) is 5.69 Å². The molecule has 4 rings (SSSR count). The summed E-state index contributed by atoms with van der Waals surface area (Å²) in [5, 5.41) is 2.97. The highest BCUT2D eigenvalue weighted by Crippen LogP contribution is 2.24. The number of nitrogens with one attached hydrogen (secondary N) is 1. The van der Waals surface area contributed by atoms with Crippen LogP contribution >= 0.6 is 11.8 Å². The molecule has 0 fully saturated rings. The number of hydrogen-bond acceptors (Lipinski definition) is 3. The second-order valence-corrected chi connectivity index (χ2v) is 7.72. The molecule has 0 aliphatic carbocycles. The summed E-state index contributed by atoms with van der Waals surface area (Å²) >= 11 is 1.77. The van der Waals surface area contributed by atoms with Gasteiger partial charge in [0.1, 0.15) is 5.82 Å². The zero-order chi connectivity index (χ0) is 18.6. The molecule has 3 aromatic rings. The molecule has 1 aliphatic heterocycles. The van der Waals surface area contributed by atoms with E-state index in [1.54, 1.807) is 11.8 Å². The van der Waals surface area contributed by atoms with Gasteiger partial charge in [-0.3, -0.25) is 4.79 Å². The van der Waals surface area contributed by atoms with E-state index in [1.807, 2.05) is 48.5 Å². The highest BCUT2D eigenvalue weighted by molar-refractivity contribution is 7.97. The normalized spacial score (nSPS) is 13.2. The Kier molecular flexibility index (Phi) is 5.30. The van der Waals surface area contributed by atoms with Gasteiger partial charge >= 0.3 is 0 Å². The number of carbonyl (C=O) groups is 1. The third-order valence-corrected chi connectivity index (χ3v) is 5.50. The van der Waals surface area contributed by atoms with Crippen molar-refractivity contribution in [3.63, 3.8) is 0 Å². The van der Waals surface area contributed by atoms with Crippen molar-refractivity contribution in [2.75, 3.05) is 11.6 Å². The largest absolute Gasteiger partial charge is 0.334 e. The lowest BCUT2D eigenvalue weighted by Crippen LogP contribution is -2.11. The monoisotopic (exact) mass is 377 g/mol. The minimum Gasteiger partial charge on any atom is -0.334 e. The van der Waals surface area contributed by atoms with Crippen LogP contribution < -0.4 is 5.32 Å². The molecule has 0 atom stereocenters. The van der Waals surface area contributed by atoms with Crippen molar-refractivity contribution in [3.05, 3.63) is 71.7 Å². The van der Waals surface area contributed by atoms with Gasteiger partial charge in [0.25, 0.3) is 5.91 Å². The smallest absolute Gasteiger partial charge is 0.255 e. The minimum absolute atomic E-state index is 0.0871. The van der Waals surface area contributed by atoms with Gasteiger partial charge in [0, 0.05) is 41.7 Å². The molecule has 2 heterocycles. The Bertz CT molecular complexity index is 906. The molecule has 5 heteroatoms. The lowest BCUT2D eigenvalue weighted by molar-refractivity contribution is 0.102. The molecule has 2 aromatic carbocycles. The summed E-state index contributed by atoms with van der Waals surface area (Å²) in [6.45, 7) is 1.06. The second-order valence-electron chi connectivity index (χ2n) is 6.85. The number of nitrogens with zero attached hydrogens (tertiary/aromatic N) is 2. The van der Waals surface area contributed by atoms with E-state index in [4.69, 9.17) is 4.98 Å². The average molecular weight is 378 g/mol. The molecule has 138 valence electrons. The maximum atomic E-state index is 12.4. The molecule has 4 nitrogen and oxygen atoms in total. The van der Waals surface area contributed by atoms with Gasteiger partial charge in [-0.05, 0) is 48.9 Å². The van der Waals surface area contributed by atoms with Crippen molar-refractivity contribution in [3.8, 4) is 11.3 Å². The van der Waals surface area contributed by atoms with Crippen LogP contribution in [0.25, 0.3) is 11.3 Å². The molecule has 1 N–H and O–H groups in total. The topological polar surface area (TPSA) is 46.9 Å². The number of rotatable bonds is 5. The maximum Gasteiger partial charge on any atom is 0.255 e. The quantitative estimate of drug-likeness (QED) is 0.680. The summed E-state index contributed by atoms with van der Waals surface area (Å²) in [5.74, 6) is 2.05. The molecule has 0 radical (unpaired) electrons. The number of carbonyl (C=O) groups excluding carboxylic acids is 1. The summed E-state index contributed by atoms with van der Waals surface area (Å²) < 4.78 is 2.26. The first-order valence-electron chi connectivity index (χ1n) is 9.28. The standard InChI is InChI=1S/C22H23N3OS/c1-27-15-16-5-7-18(8-6-16)22(26)23-19-11-9-17(10-12-19)20-14-25-13-3-2-4-21(25)24-20/h5-12,14H,2-4,13,15H2,1H3,(H,23,26). The molecule has 1 aromatic heterocycles. The second kappa shape index (κ2) is 8.01. The van der Waals surface area contributed by atoms with Gasteiger partial charge in [-0.25, -0.2) is 4.98 Å². The van der Waals surface area contributed by atoms with Crippen LogP contribution in [-0.2, 0) is 18.7 Å². The molecule has 1 aliphatic rings. The van der Waals surface area contributed by atoms with Crippen molar-refractivity contribution in [1.82, 2.24) is 9.55 Å². The summed E-state index contributed by atoms with van der Waals surface area (Å²) in [6.07, 6.45) is 7.72. The Labute approximate surface area is 164 Å². The fourth-order valence-electron chi connectivity index (χ4n) is 3.40. The number of anilines is 1. The van der Waals surface area contributed by atoms with E-state index in [1.165, 1.54) is 24.2 Å². The van der Waals surface area contributed by atoms with Gasteiger partial charge in [-0.1, -0.05) is 24.3 Å². The van der Waals surface area contributed by atoms with Gasteiger partial charge in [0.15, 0.2) is 0 Å². The molecule has 0 saturated carbocycles.